The topological polar surface area (TPSA) is 41.6 Å². The summed E-state index contributed by atoms with van der Waals surface area (Å²) in [7, 11) is 1.66. The van der Waals surface area contributed by atoms with Crippen molar-refractivity contribution in [2.75, 3.05) is 25.5 Å². The number of amides is 1. The average Bonchev–Trinajstić information content (AvgIpc) is 2.80. The Kier molecular flexibility index (Phi) is 6.90. The Bertz CT molecular complexity index is 1040. The Morgan fingerprint density at radius 2 is 1.71 bits per heavy atom. The van der Waals surface area contributed by atoms with E-state index >= 15 is 0 Å². The third-order valence-electron chi connectivity index (χ3n) is 5.79. The van der Waals surface area contributed by atoms with Crippen molar-refractivity contribution in [3.05, 3.63) is 83.4 Å². The van der Waals surface area contributed by atoms with E-state index in [0.29, 0.717) is 0 Å². The predicted octanol–water partition coefficient (Wildman–Crippen LogP) is 5.87. The van der Waals surface area contributed by atoms with Gasteiger partial charge < -0.3 is 10.1 Å². The number of rotatable bonds is 6. The third kappa shape index (κ3) is 5.66. The molecule has 0 atom stereocenters. The molecule has 1 aliphatic rings. The van der Waals surface area contributed by atoms with Gasteiger partial charge in [-0.25, -0.2) is 0 Å². The van der Waals surface area contributed by atoms with Crippen LogP contribution in [-0.4, -0.2) is 31.0 Å². The number of benzene rings is 3. The summed E-state index contributed by atoms with van der Waals surface area (Å²) in [6, 6.07) is 23.9. The lowest BCUT2D eigenvalue weighted by atomic mass is 9.95. The van der Waals surface area contributed by atoms with Crippen molar-refractivity contribution in [1.82, 2.24) is 4.90 Å². The molecular weight excluding hydrogens is 408 g/mol. The van der Waals surface area contributed by atoms with Gasteiger partial charge in [0.25, 0.3) is 0 Å². The van der Waals surface area contributed by atoms with E-state index < -0.39 is 0 Å². The second kappa shape index (κ2) is 9.99. The van der Waals surface area contributed by atoms with E-state index in [0.717, 1.165) is 60.1 Å². The van der Waals surface area contributed by atoms with Crippen LogP contribution in [0.1, 0.15) is 18.4 Å². The standard InChI is InChI=1S/C26H27ClN2O2/c1-31-25-10-4-7-22(17-25)21-6-3-9-24(16-21)28-26(30)20-11-13-29(14-12-20)18-19-5-2-8-23(27)15-19/h2-10,15-17,20H,11-14,18H2,1H3,(H,28,30). The van der Waals surface area contributed by atoms with Gasteiger partial charge >= 0.3 is 0 Å². The molecule has 1 N–H and O–H groups in total. The van der Waals surface area contributed by atoms with Gasteiger partial charge in [0.05, 0.1) is 7.11 Å². The largest absolute Gasteiger partial charge is 0.497 e. The van der Waals surface area contributed by atoms with Gasteiger partial charge in [-0.3, -0.25) is 9.69 Å². The van der Waals surface area contributed by atoms with Gasteiger partial charge in [-0.05, 0) is 79.0 Å². The van der Waals surface area contributed by atoms with Gasteiger partial charge in [-0.2, -0.15) is 0 Å². The minimum atomic E-state index is 0.0380. The summed E-state index contributed by atoms with van der Waals surface area (Å²) >= 11 is 6.09. The third-order valence-corrected chi connectivity index (χ3v) is 6.02. The van der Waals surface area contributed by atoms with Crippen LogP contribution in [0.25, 0.3) is 11.1 Å². The summed E-state index contributed by atoms with van der Waals surface area (Å²) in [5.41, 5.74) is 4.15. The van der Waals surface area contributed by atoms with Crippen LogP contribution in [0.2, 0.25) is 5.02 Å². The highest BCUT2D eigenvalue weighted by molar-refractivity contribution is 6.30. The van der Waals surface area contributed by atoms with Gasteiger partial charge in [-0.1, -0.05) is 48.0 Å². The fourth-order valence-electron chi connectivity index (χ4n) is 4.07. The van der Waals surface area contributed by atoms with Crippen LogP contribution in [0.3, 0.4) is 0 Å². The molecule has 4 nitrogen and oxygen atoms in total. The molecule has 4 rings (SSSR count). The molecule has 0 radical (unpaired) electrons. The van der Waals surface area contributed by atoms with E-state index in [2.05, 4.69) is 16.3 Å². The van der Waals surface area contributed by atoms with Crippen LogP contribution < -0.4 is 10.1 Å². The minimum Gasteiger partial charge on any atom is -0.497 e. The number of nitrogens with one attached hydrogen (secondary N) is 1. The Labute approximate surface area is 188 Å². The lowest BCUT2D eigenvalue weighted by molar-refractivity contribution is -0.121. The molecule has 1 fully saturated rings. The van der Waals surface area contributed by atoms with E-state index in [1.54, 1.807) is 7.11 Å². The van der Waals surface area contributed by atoms with Crippen molar-refractivity contribution in [3.63, 3.8) is 0 Å². The van der Waals surface area contributed by atoms with E-state index in [1.807, 2.05) is 66.7 Å². The first kappa shape index (κ1) is 21.4. The van der Waals surface area contributed by atoms with Crippen molar-refractivity contribution >= 4 is 23.2 Å². The first-order valence-corrected chi connectivity index (χ1v) is 11.0. The Hall–Kier alpha value is -2.82. The Balaban J connectivity index is 1.34. The van der Waals surface area contributed by atoms with E-state index in [9.17, 15) is 4.79 Å². The maximum Gasteiger partial charge on any atom is 0.227 e. The molecule has 160 valence electrons. The van der Waals surface area contributed by atoms with Crippen LogP contribution in [0.4, 0.5) is 5.69 Å². The van der Waals surface area contributed by atoms with Gasteiger partial charge in [0, 0.05) is 23.2 Å². The molecule has 1 amide bonds. The first-order chi connectivity index (χ1) is 15.1. The summed E-state index contributed by atoms with van der Waals surface area (Å²) in [5, 5.41) is 3.88. The van der Waals surface area contributed by atoms with E-state index in [4.69, 9.17) is 16.3 Å². The molecule has 0 aromatic heterocycles. The lowest BCUT2D eigenvalue weighted by Gasteiger charge is -2.31. The summed E-state index contributed by atoms with van der Waals surface area (Å²) < 4.78 is 5.32. The monoisotopic (exact) mass is 434 g/mol. The van der Waals surface area contributed by atoms with Gasteiger partial charge in [-0.15, -0.1) is 0 Å². The number of carbonyl (C=O) groups excluding carboxylic acids is 1. The zero-order chi connectivity index (χ0) is 21.6. The summed E-state index contributed by atoms with van der Waals surface area (Å²) in [4.78, 5) is 15.2. The molecular formula is C26H27ClN2O2. The van der Waals surface area contributed by atoms with Gasteiger partial charge in [0.15, 0.2) is 0 Å². The molecule has 0 bridgehead atoms. The normalized spacial score (nSPS) is 14.9. The molecule has 3 aromatic rings. The molecule has 1 aliphatic heterocycles. The van der Waals surface area contributed by atoms with Gasteiger partial charge in [0.2, 0.25) is 5.91 Å². The number of likely N-dealkylation sites (tertiary alicyclic amines) is 1. The predicted molar refractivity (Wildman–Crippen MR) is 127 cm³/mol. The molecule has 1 heterocycles. The molecule has 0 saturated carbocycles. The van der Waals surface area contributed by atoms with Crippen molar-refractivity contribution in [2.24, 2.45) is 5.92 Å². The molecule has 31 heavy (non-hydrogen) atoms. The van der Waals surface area contributed by atoms with Crippen LogP contribution in [-0.2, 0) is 11.3 Å². The van der Waals surface area contributed by atoms with E-state index in [1.165, 1.54) is 5.56 Å². The molecule has 1 saturated heterocycles. The van der Waals surface area contributed by atoms with Crippen molar-refractivity contribution in [2.45, 2.75) is 19.4 Å². The minimum absolute atomic E-state index is 0.0380. The number of piperidine rings is 1. The first-order valence-electron chi connectivity index (χ1n) is 10.6. The number of nitrogens with zero attached hydrogens (tertiary/aromatic N) is 1. The number of ether oxygens (including phenoxy) is 1. The highest BCUT2D eigenvalue weighted by atomic mass is 35.5. The molecule has 3 aromatic carbocycles. The fraction of sp³-hybridized carbons (Fsp3) is 0.269. The summed E-state index contributed by atoms with van der Waals surface area (Å²) in [6.07, 6.45) is 1.73. The number of hydrogen-bond donors (Lipinski definition) is 1. The van der Waals surface area contributed by atoms with Crippen LogP contribution in [0, 0.1) is 5.92 Å². The van der Waals surface area contributed by atoms with Crippen molar-refractivity contribution in [3.8, 4) is 16.9 Å². The van der Waals surface area contributed by atoms with Crippen molar-refractivity contribution < 1.29 is 9.53 Å². The van der Waals surface area contributed by atoms with Crippen LogP contribution in [0.5, 0.6) is 5.75 Å². The maximum absolute atomic E-state index is 12.9. The lowest BCUT2D eigenvalue weighted by Crippen LogP contribution is -2.37. The van der Waals surface area contributed by atoms with Crippen LogP contribution in [0.15, 0.2) is 72.8 Å². The molecule has 0 aliphatic carbocycles. The van der Waals surface area contributed by atoms with Gasteiger partial charge in [0.1, 0.15) is 5.75 Å². The molecule has 5 heteroatoms. The Morgan fingerprint density at radius 1 is 1.00 bits per heavy atom. The zero-order valence-electron chi connectivity index (χ0n) is 17.7. The van der Waals surface area contributed by atoms with E-state index in [-0.39, 0.29) is 11.8 Å². The average molecular weight is 435 g/mol. The fourth-order valence-corrected chi connectivity index (χ4v) is 4.28. The smallest absolute Gasteiger partial charge is 0.227 e. The second-order valence-electron chi connectivity index (χ2n) is 7.98. The zero-order valence-corrected chi connectivity index (χ0v) is 18.4. The number of hydrogen-bond acceptors (Lipinski definition) is 3. The second-order valence-corrected chi connectivity index (χ2v) is 8.42. The van der Waals surface area contributed by atoms with Crippen LogP contribution >= 0.6 is 11.6 Å². The van der Waals surface area contributed by atoms with Crippen molar-refractivity contribution in [1.29, 1.82) is 0 Å². The quantitative estimate of drug-likeness (QED) is 0.527. The Morgan fingerprint density at radius 3 is 2.45 bits per heavy atom. The SMILES string of the molecule is COc1cccc(-c2cccc(NC(=O)C3CCN(Cc4cccc(Cl)c4)CC3)c2)c1. The highest BCUT2D eigenvalue weighted by Crippen LogP contribution is 2.27. The highest BCUT2D eigenvalue weighted by Gasteiger charge is 2.25. The molecule has 0 unspecified atom stereocenters. The maximum atomic E-state index is 12.9. The number of carbonyl (C=O) groups is 1. The number of halogens is 1. The number of methoxy groups -OCH3 is 1. The summed E-state index contributed by atoms with van der Waals surface area (Å²) in [5.74, 6) is 0.956. The molecule has 0 spiro atoms. The number of anilines is 1. The summed E-state index contributed by atoms with van der Waals surface area (Å²) in [6.45, 7) is 2.69.